The number of nitrogens with zero attached hydrogens (tertiary/aromatic N) is 1. The quantitative estimate of drug-likeness (QED) is 0.946. The first-order valence-electron chi connectivity index (χ1n) is 5.29. The number of benzene rings is 1. The SMILES string of the molecule is O=C(Cc1cccc(Br)c1)Nc1ccncc1F. The largest absolute Gasteiger partial charge is 0.323 e. The van der Waals surface area contributed by atoms with Crippen LogP contribution in [0.15, 0.2) is 47.2 Å². The van der Waals surface area contributed by atoms with E-state index in [1.807, 2.05) is 24.3 Å². The highest BCUT2D eigenvalue weighted by Gasteiger charge is 2.07. The average Bonchev–Trinajstić information content (AvgIpc) is 2.32. The van der Waals surface area contributed by atoms with Crippen molar-refractivity contribution in [2.75, 3.05) is 5.32 Å². The zero-order valence-corrected chi connectivity index (χ0v) is 10.9. The molecule has 5 heteroatoms. The summed E-state index contributed by atoms with van der Waals surface area (Å²) >= 11 is 3.33. The molecule has 0 spiro atoms. The van der Waals surface area contributed by atoms with E-state index < -0.39 is 5.82 Å². The Balaban J connectivity index is 2.03. The summed E-state index contributed by atoms with van der Waals surface area (Å²) in [6.45, 7) is 0. The van der Waals surface area contributed by atoms with Gasteiger partial charge in [0.25, 0.3) is 0 Å². The maximum atomic E-state index is 13.3. The smallest absolute Gasteiger partial charge is 0.228 e. The van der Waals surface area contributed by atoms with Crippen LogP contribution in [0.5, 0.6) is 0 Å². The van der Waals surface area contributed by atoms with E-state index in [9.17, 15) is 9.18 Å². The van der Waals surface area contributed by atoms with Gasteiger partial charge in [-0.2, -0.15) is 0 Å². The molecule has 0 aliphatic rings. The molecule has 1 aromatic carbocycles. The lowest BCUT2D eigenvalue weighted by molar-refractivity contribution is -0.115. The standard InChI is InChI=1S/C13H10BrFN2O/c14-10-3-1-2-9(6-10)7-13(18)17-12-4-5-16-8-11(12)15/h1-6,8H,7H2,(H,16,17,18). The fraction of sp³-hybridized carbons (Fsp3) is 0.0769. The van der Waals surface area contributed by atoms with Crippen LogP contribution in [0.3, 0.4) is 0 Å². The van der Waals surface area contributed by atoms with Gasteiger partial charge in [-0.25, -0.2) is 4.39 Å². The van der Waals surface area contributed by atoms with E-state index >= 15 is 0 Å². The molecule has 0 atom stereocenters. The minimum atomic E-state index is -0.542. The van der Waals surface area contributed by atoms with Gasteiger partial charge in [0.1, 0.15) is 0 Å². The molecular weight excluding hydrogens is 299 g/mol. The predicted molar refractivity (Wildman–Crippen MR) is 70.7 cm³/mol. The number of hydrogen-bond donors (Lipinski definition) is 1. The van der Waals surface area contributed by atoms with Crippen molar-refractivity contribution in [3.63, 3.8) is 0 Å². The number of nitrogens with one attached hydrogen (secondary N) is 1. The first-order valence-corrected chi connectivity index (χ1v) is 6.08. The van der Waals surface area contributed by atoms with Crippen molar-refractivity contribution < 1.29 is 9.18 Å². The molecule has 1 amide bonds. The molecule has 0 unspecified atom stereocenters. The number of rotatable bonds is 3. The van der Waals surface area contributed by atoms with E-state index in [-0.39, 0.29) is 18.0 Å². The lowest BCUT2D eigenvalue weighted by atomic mass is 10.1. The van der Waals surface area contributed by atoms with Crippen molar-refractivity contribution in [3.8, 4) is 0 Å². The number of halogens is 2. The molecule has 3 nitrogen and oxygen atoms in total. The molecule has 0 saturated carbocycles. The van der Waals surface area contributed by atoms with Crippen molar-refractivity contribution in [1.29, 1.82) is 0 Å². The molecule has 2 aromatic rings. The number of carbonyl (C=O) groups is 1. The average molecular weight is 309 g/mol. The van der Waals surface area contributed by atoms with E-state index in [1.54, 1.807) is 0 Å². The molecule has 0 fully saturated rings. The van der Waals surface area contributed by atoms with Crippen LogP contribution in [0.25, 0.3) is 0 Å². The van der Waals surface area contributed by atoms with Gasteiger partial charge in [0, 0.05) is 10.7 Å². The summed E-state index contributed by atoms with van der Waals surface area (Å²) < 4.78 is 14.2. The van der Waals surface area contributed by atoms with Crippen LogP contribution in [-0.4, -0.2) is 10.9 Å². The van der Waals surface area contributed by atoms with Crippen LogP contribution in [0.1, 0.15) is 5.56 Å². The lowest BCUT2D eigenvalue weighted by Crippen LogP contribution is -2.15. The Morgan fingerprint density at radius 3 is 2.94 bits per heavy atom. The molecule has 2 rings (SSSR count). The second kappa shape index (κ2) is 5.73. The maximum Gasteiger partial charge on any atom is 0.228 e. The molecule has 0 aliphatic heterocycles. The van der Waals surface area contributed by atoms with E-state index in [0.717, 1.165) is 16.2 Å². The zero-order valence-electron chi connectivity index (χ0n) is 9.36. The summed E-state index contributed by atoms with van der Waals surface area (Å²) in [5.41, 5.74) is 1.00. The van der Waals surface area contributed by atoms with Crippen molar-refractivity contribution in [3.05, 3.63) is 58.6 Å². The van der Waals surface area contributed by atoms with Gasteiger partial charge in [0.05, 0.1) is 18.3 Å². The van der Waals surface area contributed by atoms with Crippen LogP contribution in [0.2, 0.25) is 0 Å². The molecule has 1 aromatic heterocycles. The van der Waals surface area contributed by atoms with Gasteiger partial charge in [-0.3, -0.25) is 9.78 Å². The molecule has 1 N–H and O–H groups in total. The van der Waals surface area contributed by atoms with Crippen LogP contribution in [0, 0.1) is 5.82 Å². The summed E-state index contributed by atoms with van der Waals surface area (Å²) in [6.07, 6.45) is 2.69. The topological polar surface area (TPSA) is 42.0 Å². The Morgan fingerprint density at radius 1 is 1.39 bits per heavy atom. The number of carbonyl (C=O) groups excluding carboxylic acids is 1. The molecule has 0 aliphatic carbocycles. The second-order valence-corrected chi connectivity index (χ2v) is 4.63. The Morgan fingerprint density at radius 2 is 2.22 bits per heavy atom. The van der Waals surface area contributed by atoms with Gasteiger partial charge in [0.15, 0.2) is 5.82 Å². The fourth-order valence-electron chi connectivity index (χ4n) is 1.50. The van der Waals surface area contributed by atoms with Crippen molar-refractivity contribution >= 4 is 27.5 Å². The molecule has 0 saturated heterocycles. The summed E-state index contributed by atoms with van der Waals surface area (Å²) in [6, 6.07) is 8.84. The number of aromatic nitrogens is 1. The van der Waals surface area contributed by atoms with Gasteiger partial charge in [0.2, 0.25) is 5.91 Å². The third kappa shape index (κ3) is 3.37. The summed E-state index contributed by atoms with van der Waals surface area (Å²) in [4.78, 5) is 15.3. The molecule has 0 bridgehead atoms. The van der Waals surface area contributed by atoms with Gasteiger partial charge in [-0.15, -0.1) is 0 Å². The van der Waals surface area contributed by atoms with Crippen LogP contribution in [-0.2, 0) is 11.2 Å². The van der Waals surface area contributed by atoms with Crippen LogP contribution >= 0.6 is 15.9 Å². The first kappa shape index (κ1) is 12.7. The highest BCUT2D eigenvalue weighted by atomic mass is 79.9. The Hall–Kier alpha value is -1.75. The molecule has 92 valence electrons. The normalized spacial score (nSPS) is 10.1. The Bertz CT molecular complexity index is 574. The molecular formula is C13H10BrFN2O. The highest BCUT2D eigenvalue weighted by Crippen LogP contribution is 2.14. The number of amides is 1. The van der Waals surface area contributed by atoms with E-state index in [4.69, 9.17) is 0 Å². The second-order valence-electron chi connectivity index (χ2n) is 3.71. The summed E-state index contributed by atoms with van der Waals surface area (Å²) in [5, 5.41) is 2.51. The maximum absolute atomic E-state index is 13.3. The fourth-order valence-corrected chi connectivity index (χ4v) is 1.95. The molecule has 18 heavy (non-hydrogen) atoms. The van der Waals surface area contributed by atoms with Gasteiger partial charge >= 0.3 is 0 Å². The van der Waals surface area contributed by atoms with Gasteiger partial charge in [-0.1, -0.05) is 28.1 Å². The van der Waals surface area contributed by atoms with Crippen LogP contribution in [0.4, 0.5) is 10.1 Å². The van der Waals surface area contributed by atoms with E-state index in [2.05, 4.69) is 26.2 Å². The minimum Gasteiger partial charge on any atom is -0.323 e. The van der Waals surface area contributed by atoms with E-state index in [0.29, 0.717) is 0 Å². The van der Waals surface area contributed by atoms with Crippen molar-refractivity contribution in [2.24, 2.45) is 0 Å². The zero-order chi connectivity index (χ0) is 13.0. The number of pyridine rings is 1. The Labute approximate surface area is 112 Å². The van der Waals surface area contributed by atoms with Gasteiger partial charge < -0.3 is 5.32 Å². The predicted octanol–water partition coefficient (Wildman–Crippen LogP) is 3.16. The third-order valence-electron chi connectivity index (χ3n) is 2.30. The molecule has 1 heterocycles. The first-order chi connectivity index (χ1) is 8.65. The van der Waals surface area contributed by atoms with Crippen molar-refractivity contribution in [1.82, 2.24) is 4.98 Å². The Kier molecular flexibility index (Phi) is 4.04. The minimum absolute atomic E-state index is 0.144. The number of anilines is 1. The third-order valence-corrected chi connectivity index (χ3v) is 2.79. The summed E-state index contributed by atoms with van der Waals surface area (Å²) in [5.74, 6) is -0.807. The number of hydrogen-bond acceptors (Lipinski definition) is 2. The summed E-state index contributed by atoms with van der Waals surface area (Å²) in [7, 11) is 0. The monoisotopic (exact) mass is 308 g/mol. The lowest BCUT2D eigenvalue weighted by Gasteiger charge is -2.06. The highest BCUT2D eigenvalue weighted by molar-refractivity contribution is 9.10. The van der Waals surface area contributed by atoms with E-state index in [1.165, 1.54) is 12.3 Å². The van der Waals surface area contributed by atoms with Crippen molar-refractivity contribution in [2.45, 2.75) is 6.42 Å². The molecule has 0 radical (unpaired) electrons. The van der Waals surface area contributed by atoms with Gasteiger partial charge in [-0.05, 0) is 23.8 Å². The van der Waals surface area contributed by atoms with Crippen LogP contribution < -0.4 is 5.32 Å².